The van der Waals surface area contributed by atoms with Crippen molar-refractivity contribution in [1.29, 1.82) is 0 Å². The summed E-state index contributed by atoms with van der Waals surface area (Å²) in [6.07, 6.45) is 16.8. The van der Waals surface area contributed by atoms with Crippen LogP contribution in [0.3, 0.4) is 0 Å². The number of fused-ring (bicyclic) bond motifs is 5. The first-order valence-corrected chi connectivity index (χ1v) is 14.7. The molecule has 31 heavy (non-hydrogen) atoms. The van der Waals surface area contributed by atoms with Gasteiger partial charge in [-0.1, -0.05) is 30.7 Å². The molecule has 6 aliphatic rings. The van der Waals surface area contributed by atoms with Crippen molar-refractivity contribution in [3.05, 3.63) is 35.6 Å². The lowest BCUT2D eigenvalue weighted by molar-refractivity contribution is -0.0599. The van der Waals surface area contributed by atoms with Crippen LogP contribution < -0.4 is 0 Å². The second-order valence-corrected chi connectivity index (χ2v) is 13.9. The molecule has 4 aliphatic carbocycles. The summed E-state index contributed by atoms with van der Waals surface area (Å²) in [7, 11) is 0. The average molecular weight is 459 g/mol. The Labute approximate surface area is 197 Å². The van der Waals surface area contributed by atoms with Gasteiger partial charge in [-0.2, -0.15) is 0 Å². The van der Waals surface area contributed by atoms with E-state index >= 15 is 0 Å². The predicted octanol–water partition coefficient (Wildman–Crippen LogP) is 6.98. The maximum absolute atomic E-state index is 6.74. The molecule has 0 aromatic rings. The Bertz CT molecular complexity index is 795. The van der Waals surface area contributed by atoms with Crippen LogP contribution in [0.5, 0.6) is 0 Å². The van der Waals surface area contributed by atoms with Crippen molar-refractivity contribution in [2.75, 3.05) is 24.7 Å². The van der Waals surface area contributed by atoms with E-state index in [1.807, 2.05) is 0 Å². The lowest BCUT2D eigenvalue weighted by Gasteiger charge is -2.56. The molecule has 0 aromatic carbocycles. The fraction of sp³-hybridized carbons (Fsp3) is 0.778. The molecule has 0 aromatic heterocycles. The van der Waals surface area contributed by atoms with Crippen LogP contribution in [-0.4, -0.2) is 34.9 Å². The van der Waals surface area contributed by atoms with E-state index in [-0.39, 0.29) is 0 Å². The molecule has 6 atom stereocenters. The number of allylic oxidation sites excluding steroid dienone is 2. The highest BCUT2D eigenvalue weighted by Crippen LogP contribution is 2.66. The number of hydrogen-bond donors (Lipinski definition) is 0. The first-order chi connectivity index (χ1) is 15.1. The van der Waals surface area contributed by atoms with Gasteiger partial charge in [-0.3, -0.25) is 0 Å². The minimum atomic E-state index is 0.311. The molecule has 1 unspecified atom stereocenters. The van der Waals surface area contributed by atoms with Crippen LogP contribution in [0.2, 0.25) is 0 Å². The van der Waals surface area contributed by atoms with Gasteiger partial charge in [-0.15, -0.1) is 23.5 Å². The summed E-state index contributed by atoms with van der Waals surface area (Å²) >= 11 is 4.44. The lowest BCUT2D eigenvalue weighted by Crippen LogP contribution is -2.50. The zero-order valence-electron chi connectivity index (χ0n) is 19.1. The van der Waals surface area contributed by atoms with Crippen molar-refractivity contribution < 1.29 is 9.47 Å². The largest absolute Gasteiger partial charge is 0.494 e. The second-order valence-electron chi connectivity index (χ2n) is 10.8. The predicted molar refractivity (Wildman–Crippen MR) is 132 cm³/mol. The second kappa shape index (κ2) is 8.17. The lowest BCUT2D eigenvalue weighted by atomic mass is 9.50. The molecule has 2 aliphatic heterocycles. The van der Waals surface area contributed by atoms with E-state index in [4.69, 9.17) is 16.1 Å². The van der Waals surface area contributed by atoms with E-state index in [1.165, 1.54) is 68.6 Å². The van der Waals surface area contributed by atoms with Gasteiger partial charge < -0.3 is 9.47 Å². The maximum atomic E-state index is 6.74. The van der Waals surface area contributed by atoms with Crippen LogP contribution in [-0.2, 0) is 9.47 Å². The third kappa shape index (κ3) is 3.41. The molecule has 1 saturated heterocycles. The van der Waals surface area contributed by atoms with E-state index < -0.39 is 0 Å². The normalized spacial score (nSPS) is 43.6. The van der Waals surface area contributed by atoms with Crippen molar-refractivity contribution in [2.45, 2.75) is 74.9 Å². The van der Waals surface area contributed by atoms with Gasteiger partial charge in [-0.25, -0.2) is 0 Å². The van der Waals surface area contributed by atoms with Gasteiger partial charge in [-0.05, 0) is 81.1 Å². The zero-order valence-corrected chi connectivity index (χ0v) is 20.7. The molecule has 0 N–H and O–H groups in total. The van der Waals surface area contributed by atoms with Gasteiger partial charge in [0.25, 0.3) is 0 Å². The van der Waals surface area contributed by atoms with Crippen molar-refractivity contribution in [1.82, 2.24) is 0 Å². The molecule has 0 bridgehead atoms. The Balaban J connectivity index is 1.26. The zero-order chi connectivity index (χ0) is 21.1. The van der Waals surface area contributed by atoms with Gasteiger partial charge in [0, 0.05) is 23.3 Å². The molecule has 3 saturated carbocycles. The molecule has 0 amide bonds. The molecule has 0 radical (unpaired) electrons. The van der Waals surface area contributed by atoms with Crippen LogP contribution in [0.4, 0.5) is 0 Å². The highest BCUT2D eigenvalue weighted by Gasteiger charge is 2.60. The summed E-state index contributed by atoms with van der Waals surface area (Å²) in [5.41, 5.74) is 3.68. The topological polar surface area (TPSA) is 18.5 Å². The van der Waals surface area contributed by atoms with Crippen LogP contribution in [0, 0.1) is 29.1 Å². The van der Waals surface area contributed by atoms with Crippen molar-refractivity contribution in [3.8, 4) is 0 Å². The van der Waals surface area contributed by atoms with E-state index in [0.29, 0.717) is 15.6 Å². The fourth-order valence-electron chi connectivity index (χ4n) is 8.38. The third-order valence-corrected chi connectivity index (χ3v) is 13.1. The number of ether oxygens (including phenoxy) is 2. The third-order valence-electron chi connectivity index (χ3n) is 9.66. The first kappa shape index (κ1) is 21.2. The number of rotatable bonds is 3. The van der Waals surface area contributed by atoms with Gasteiger partial charge >= 0.3 is 0 Å². The molecule has 4 fully saturated rings. The first-order valence-electron chi connectivity index (χ1n) is 12.7. The van der Waals surface area contributed by atoms with E-state index in [9.17, 15) is 0 Å². The van der Waals surface area contributed by atoms with Gasteiger partial charge in [0.1, 0.15) is 6.10 Å². The quantitative estimate of drug-likeness (QED) is 0.424. The Morgan fingerprint density at radius 1 is 1.16 bits per heavy atom. The Morgan fingerprint density at radius 3 is 2.81 bits per heavy atom. The van der Waals surface area contributed by atoms with Crippen LogP contribution in [0.25, 0.3) is 0 Å². The van der Waals surface area contributed by atoms with Gasteiger partial charge in [0.05, 0.1) is 23.1 Å². The average Bonchev–Trinajstić information content (AvgIpc) is 3.39. The molecule has 2 nitrogen and oxygen atoms in total. The molecular formula is C27H38O2S2. The SMILES string of the molecule is C=C1C[C@]2(CC)[C@@H](OC3=CCOCC3)CC[C@H]2[C@@H]2CCC3=CC4(CCC3[C@@H]12)SCCS4. The Hall–Kier alpha value is -0.320. The summed E-state index contributed by atoms with van der Waals surface area (Å²) in [5, 5.41) is 0. The van der Waals surface area contributed by atoms with Crippen molar-refractivity contribution >= 4 is 23.5 Å². The summed E-state index contributed by atoms with van der Waals surface area (Å²) in [4.78, 5) is 0. The standard InChI is InChI=1S/C27H38O2S2/c1-3-26-16-18(2)25-21-8-11-27(30-14-15-31-27)17-19(21)4-5-22(25)23(26)6-7-24(26)29-20-9-12-28-13-10-20/h9,17,21-25H,2-8,10-16H2,1H3/t21?,22-,23-,24-,25+,26-/m0/s1. The van der Waals surface area contributed by atoms with Crippen molar-refractivity contribution in [2.24, 2.45) is 29.1 Å². The Morgan fingerprint density at radius 2 is 2.03 bits per heavy atom. The summed E-state index contributed by atoms with van der Waals surface area (Å²) in [6, 6.07) is 0. The highest BCUT2D eigenvalue weighted by atomic mass is 32.2. The minimum Gasteiger partial charge on any atom is -0.494 e. The highest BCUT2D eigenvalue weighted by molar-refractivity contribution is 8.21. The molecule has 1 spiro atoms. The fourth-order valence-corrected chi connectivity index (χ4v) is 11.6. The monoisotopic (exact) mass is 458 g/mol. The number of thioether (sulfide) groups is 2. The summed E-state index contributed by atoms with van der Waals surface area (Å²) < 4.78 is 12.7. The Kier molecular flexibility index (Phi) is 5.59. The van der Waals surface area contributed by atoms with Crippen LogP contribution in [0.1, 0.15) is 64.7 Å². The molecule has 170 valence electrons. The minimum absolute atomic E-state index is 0.311. The van der Waals surface area contributed by atoms with Crippen LogP contribution >= 0.6 is 23.5 Å². The summed E-state index contributed by atoms with van der Waals surface area (Å²) in [5.74, 6) is 7.04. The number of hydrogen-bond acceptors (Lipinski definition) is 4. The smallest absolute Gasteiger partial charge is 0.104 e. The van der Waals surface area contributed by atoms with Crippen LogP contribution in [0.15, 0.2) is 35.6 Å². The van der Waals surface area contributed by atoms with E-state index in [2.05, 4.69) is 42.6 Å². The molecule has 6 rings (SSSR count). The summed E-state index contributed by atoms with van der Waals surface area (Å²) in [6.45, 7) is 8.74. The molecule has 4 heteroatoms. The maximum Gasteiger partial charge on any atom is 0.104 e. The van der Waals surface area contributed by atoms with E-state index in [1.54, 1.807) is 11.1 Å². The van der Waals surface area contributed by atoms with Gasteiger partial charge in [0.2, 0.25) is 0 Å². The molecular weight excluding hydrogens is 420 g/mol. The van der Waals surface area contributed by atoms with E-state index in [0.717, 1.165) is 43.3 Å². The molecule has 2 heterocycles. The van der Waals surface area contributed by atoms with Crippen molar-refractivity contribution in [3.63, 3.8) is 0 Å². The van der Waals surface area contributed by atoms with Gasteiger partial charge in [0.15, 0.2) is 0 Å².